The molecule has 0 aliphatic rings. The highest BCUT2D eigenvalue weighted by Crippen LogP contribution is 2.30. The van der Waals surface area contributed by atoms with Gasteiger partial charge in [-0.15, -0.1) is 10.2 Å². The zero-order chi connectivity index (χ0) is 13.6. The van der Waals surface area contributed by atoms with Gasteiger partial charge in [0.2, 0.25) is 0 Å². The number of primary amides is 1. The molecule has 3 N–H and O–H groups in total. The number of amides is 1. The van der Waals surface area contributed by atoms with Gasteiger partial charge in [-0.25, -0.2) is 0 Å². The van der Waals surface area contributed by atoms with Crippen molar-refractivity contribution in [2.24, 2.45) is 5.73 Å². The van der Waals surface area contributed by atoms with Crippen molar-refractivity contribution in [3.63, 3.8) is 0 Å². The van der Waals surface area contributed by atoms with Crippen LogP contribution in [-0.2, 0) is 0 Å². The number of anilines is 1. The molecule has 0 spiro atoms. The Morgan fingerprint density at radius 3 is 2.44 bits per heavy atom. The Morgan fingerprint density at radius 1 is 1.39 bits per heavy atom. The topological polar surface area (TPSA) is 80.9 Å². The molecule has 1 aromatic heterocycles. The lowest BCUT2D eigenvalue weighted by atomic mass is 10.0. The van der Waals surface area contributed by atoms with Crippen LogP contribution in [0.4, 0.5) is 5.82 Å². The van der Waals surface area contributed by atoms with Gasteiger partial charge in [-0.3, -0.25) is 4.79 Å². The zero-order valence-electron chi connectivity index (χ0n) is 11.1. The molecule has 0 bridgehead atoms. The van der Waals surface area contributed by atoms with Crippen molar-refractivity contribution in [2.45, 2.75) is 31.4 Å². The minimum atomic E-state index is -0.561. The maximum Gasteiger partial charge on any atom is 0.269 e. The number of aromatic nitrogens is 2. The number of carbonyl (C=O) groups excluding carboxylic acids is 1. The van der Waals surface area contributed by atoms with Crippen LogP contribution in [-0.4, -0.2) is 33.7 Å². The summed E-state index contributed by atoms with van der Waals surface area (Å²) in [5.74, 6) is 0.106. The lowest BCUT2D eigenvalue weighted by Gasteiger charge is -2.29. The van der Waals surface area contributed by atoms with Gasteiger partial charge in [0.15, 0.2) is 5.69 Å². The van der Waals surface area contributed by atoms with Crippen molar-refractivity contribution >= 4 is 23.5 Å². The smallest absolute Gasteiger partial charge is 0.269 e. The van der Waals surface area contributed by atoms with Crippen LogP contribution in [0.1, 0.15) is 37.2 Å². The molecule has 1 amide bonds. The molecule has 0 saturated heterocycles. The van der Waals surface area contributed by atoms with Gasteiger partial charge in [0, 0.05) is 11.3 Å². The summed E-state index contributed by atoms with van der Waals surface area (Å²) in [6, 6.07) is 3.31. The Bertz CT molecular complexity index is 381. The van der Waals surface area contributed by atoms with Crippen LogP contribution in [0.3, 0.4) is 0 Å². The highest BCUT2D eigenvalue weighted by molar-refractivity contribution is 8.00. The zero-order valence-corrected chi connectivity index (χ0v) is 11.9. The number of nitrogens with two attached hydrogens (primary N) is 1. The molecule has 1 rings (SSSR count). The maximum atomic E-state index is 10.9. The molecule has 0 radical (unpaired) electrons. The van der Waals surface area contributed by atoms with E-state index >= 15 is 0 Å². The first-order valence-corrected chi connectivity index (χ1v) is 7.22. The third-order valence-electron chi connectivity index (χ3n) is 3.23. The molecule has 18 heavy (non-hydrogen) atoms. The lowest BCUT2D eigenvalue weighted by molar-refractivity contribution is 0.0994. The summed E-state index contributed by atoms with van der Waals surface area (Å²) in [5.41, 5.74) is 5.29. The first-order chi connectivity index (χ1) is 8.56. The molecular weight excluding hydrogens is 248 g/mol. The quantitative estimate of drug-likeness (QED) is 0.789. The van der Waals surface area contributed by atoms with E-state index < -0.39 is 5.91 Å². The van der Waals surface area contributed by atoms with Gasteiger partial charge in [0.1, 0.15) is 5.82 Å². The first kappa shape index (κ1) is 14.8. The molecule has 5 nitrogen and oxygen atoms in total. The largest absolute Gasteiger partial charge is 0.367 e. The van der Waals surface area contributed by atoms with Crippen LogP contribution in [0.2, 0.25) is 0 Å². The molecule has 0 fully saturated rings. The second-order valence-corrected chi connectivity index (χ2v) is 5.39. The van der Waals surface area contributed by atoms with E-state index in [9.17, 15) is 4.79 Å². The van der Waals surface area contributed by atoms with Crippen LogP contribution in [0, 0.1) is 0 Å². The van der Waals surface area contributed by atoms with Crippen LogP contribution in [0.15, 0.2) is 12.1 Å². The van der Waals surface area contributed by atoms with E-state index in [0.29, 0.717) is 5.82 Å². The van der Waals surface area contributed by atoms with Crippen LogP contribution >= 0.6 is 11.8 Å². The first-order valence-electron chi connectivity index (χ1n) is 5.99. The van der Waals surface area contributed by atoms with E-state index in [1.165, 1.54) is 0 Å². The minimum Gasteiger partial charge on any atom is -0.367 e. The number of hydrogen-bond donors (Lipinski definition) is 2. The maximum absolute atomic E-state index is 10.9. The standard InChI is InChI=1S/C12H20N4OS/c1-4-12(5-2,18-3)8-14-10-7-6-9(11(13)17)15-16-10/h6-7H,4-5,8H2,1-3H3,(H2,13,17)(H,14,16). The molecule has 0 atom stereocenters. The highest BCUT2D eigenvalue weighted by Gasteiger charge is 2.24. The summed E-state index contributed by atoms with van der Waals surface area (Å²) in [5, 5.41) is 11.0. The molecule has 6 heteroatoms. The van der Waals surface area contributed by atoms with Gasteiger partial charge in [-0.2, -0.15) is 11.8 Å². The van der Waals surface area contributed by atoms with Crippen molar-refractivity contribution in [2.75, 3.05) is 18.1 Å². The molecular formula is C12H20N4OS. The fraction of sp³-hybridized carbons (Fsp3) is 0.583. The van der Waals surface area contributed by atoms with Gasteiger partial charge in [-0.1, -0.05) is 13.8 Å². The van der Waals surface area contributed by atoms with E-state index in [0.717, 1.165) is 19.4 Å². The number of nitrogens with one attached hydrogen (secondary N) is 1. The monoisotopic (exact) mass is 268 g/mol. The van der Waals surface area contributed by atoms with Crippen LogP contribution in [0.5, 0.6) is 0 Å². The number of carbonyl (C=O) groups is 1. The van der Waals surface area contributed by atoms with Crippen LogP contribution < -0.4 is 11.1 Å². The van der Waals surface area contributed by atoms with E-state index in [4.69, 9.17) is 5.73 Å². The molecule has 1 heterocycles. The van der Waals surface area contributed by atoms with Gasteiger partial charge in [0.25, 0.3) is 5.91 Å². The Balaban J connectivity index is 2.65. The van der Waals surface area contributed by atoms with Crippen molar-refractivity contribution < 1.29 is 4.79 Å². The average Bonchev–Trinajstić information content (AvgIpc) is 2.41. The number of rotatable bonds is 7. The van der Waals surface area contributed by atoms with E-state index in [-0.39, 0.29) is 10.4 Å². The van der Waals surface area contributed by atoms with Gasteiger partial charge in [0.05, 0.1) is 0 Å². The van der Waals surface area contributed by atoms with E-state index in [1.807, 2.05) is 11.8 Å². The Kier molecular flexibility index (Phi) is 5.40. The number of hydrogen-bond acceptors (Lipinski definition) is 5. The van der Waals surface area contributed by atoms with Crippen molar-refractivity contribution in [3.8, 4) is 0 Å². The summed E-state index contributed by atoms with van der Waals surface area (Å²) in [7, 11) is 0. The highest BCUT2D eigenvalue weighted by atomic mass is 32.2. The summed E-state index contributed by atoms with van der Waals surface area (Å²) < 4.78 is 0.212. The SMILES string of the molecule is CCC(CC)(CNc1ccc(C(N)=O)nn1)SC. The van der Waals surface area contributed by atoms with Gasteiger partial charge in [-0.05, 0) is 31.2 Å². The summed E-state index contributed by atoms with van der Waals surface area (Å²) in [6.07, 6.45) is 4.30. The van der Waals surface area contributed by atoms with E-state index in [2.05, 4.69) is 35.6 Å². The molecule has 100 valence electrons. The molecule has 0 aromatic carbocycles. The Hall–Kier alpha value is -1.30. The lowest BCUT2D eigenvalue weighted by Crippen LogP contribution is -2.32. The second kappa shape index (κ2) is 6.58. The molecule has 0 aliphatic carbocycles. The number of nitrogens with zero attached hydrogens (tertiary/aromatic N) is 2. The predicted octanol–water partition coefficient (Wildman–Crippen LogP) is 1.91. The molecule has 0 unspecified atom stereocenters. The normalized spacial score (nSPS) is 11.3. The molecule has 0 saturated carbocycles. The van der Waals surface area contributed by atoms with Gasteiger partial charge >= 0.3 is 0 Å². The van der Waals surface area contributed by atoms with Crippen molar-refractivity contribution in [1.29, 1.82) is 0 Å². The summed E-state index contributed by atoms with van der Waals surface area (Å²) in [6.45, 7) is 5.19. The Labute approximate surface area is 112 Å². The van der Waals surface area contributed by atoms with Crippen LogP contribution in [0.25, 0.3) is 0 Å². The third-order valence-corrected chi connectivity index (χ3v) is 4.82. The fourth-order valence-electron chi connectivity index (χ4n) is 1.67. The van der Waals surface area contributed by atoms with E-state index in [1.54, 1.807) is 12.1 Å². The second-order valence-electron chi connectivity index (χ2n) is 4.12. The molecule has 1 aromatic rings. The Morgan fingerprint density at radius 2 is 2.06 bits per heavy atom. The molecule has 0 aliphatic heterocycles. The third kappa shape index (κ3) is 3.60. The van der Waals surface area contributed by atoms with Crippen molar-refractivity contribution in [3.05, 3.63) is 17.8 Å². The number of thioether (sulfide) groups is 1. The average molecular weight is 268 g/mol. The van der Waals surface area contributed by atoms with Gasteiger partial charge < -0.3 is 11.1 Å². The predicted molar refractivity (Wildman–Crippen MR) is 75.9 cm³/mol. The summed E-state index contributed by atoms with van der Waals surface area (Å²) >= 11 is 1.86. The minimum absolute atomic E-state index is 0.183. The fourth-order valence-corrected chi connectivity index (χ4v) is 2.46. The van der Waals surface area contributed by atoms with Crippen molar-refractivity contribution in [1.82, 2.24) is 10.2 Å². The summed E-state index contributed by atoms with van der Waals surface area (Å²) in [4.78, 5) is 10.9.